The summed E-state index contributed by atoms with van der Waals surface area (Å²) in [5, 5.41) is 0.400. The molecule has 0 N–H and O–H groups in total. The monoisotopic (exact) mass is 300 g/mol. The predicted molar refractivity (Wildman–Crippen MR) is 87.4 cm³/mol. The van der Waals surface area contributed by atoms with Crippen LogP contribution in [-0.4, -0.2) is 12.1 Å². The molecule has 108 valence electrons. The van der Waals surface area contributed by atoms with Crippen LogP contribution < -0.4 is 0 Å². The molecule has 0 saturated heterocycles. The zero-order valence-electron chi connectivity index (χ0n) is 12.0. The molecule has 0 aliphatic carbocycles. The van der Waals surface area contributed by atoms with Gasteiger partial charge in [0.15, 0.2) is 0 Å². The van der Waals surface area contributed by atoms with Crippen LogP contribution in [0.1, 0.15) is 35.3 Å². The van der Waals surface area contributed by atoms with Gasteiger partial charge < -0.3 is 4.74 Å². The van der Waals surface area contributed by atoms with Crippen molar-refractivity contribution in [2.45, 2.75) is 20.0 Å². The van der Waals surface area contributed by atoms with E-state index >= 15 is 0 Å². The highest BCUT2D eigenvalue weighted by Crippen LogP contribution is 2.20. The van der Waals surface area contributed by atoms with Gasteiger partial charge in [0, 0.05) is 0 Å². The first-order chi connectivity index (χ1) is 10.1. The zero-order valence-corrected chi connectivity index (χ0v) is 12.8. The van der Waals surface area contributed by atoms with Gasteiger partial charge in [0.05, 0.1) is 16.7 Å². The van der Waals surface area contributed by atoms with Crippen molar-refractivity contribution >= 4 is 29.7 Å². The average Bonchev–Trinajstić information content (AvgIpc) is 2.46. The van der Waals surface area contributed by atoms with Gasteiger partial charge in [-0.2, -0.15) is 0 Å². The minimum atomic E-state index is -0.398. The highest BCUT2D eigenvalue weighted by Gasteiger charge is 2.13. The Morgan fingerprint density at radius 3 is 2.38 bits per heavy atom. The smallest absolute Gasteiger partial charge is 0.339 e. The Balaban J connectivity index is 2.22. The van der Waals surface area contributed by atoms with Crippen molar-refractivity contribution in [1.82, 2.24) is 0 Å². The van der Waals surface area contributed by atoms with Gasteiger partial charge >= 0.3 is 5.97 Å². The fraction of sp³-hybridized carbons (Fsp3) is 0.167. The molecule has 0 aliphatic rings. The normalized spacial score (nSPS) is 11.0. The van der Waals surface area contributed by atoms with Gasteiger partial charge in [-0.3, -0.25) is 0 Å². The van der Waals surface area contributed by atoms with Crippen LogP contribution in [0.2, 0.25) is 5.02 Å². The highest BCUT2D eigenvalue weighted by molar-refractivity contribution is 6.33. The summed E-state index contributed by atoms with van der Waals surface area (Å²) in [6.07, 6.45) is 3.76. The number of esters is 1. The summed E-state index contributed by atoms with van der Waals surface area (Å²) < 4.78 is 5.19. The molecule has 0 heterocycles. The quantitative estimate of drug-likeness (QED) is 0.581. The molecule has 0 unspecified atom stereocenters. The molecule has 0 atom stereocenters. The van der Waals surface area contributed by atoms with Crippen molar-refractivity contribution in [2.24, 2.45) is 0 Å². The molecular formula is C18H17ClO2. The average molecular weight is 301 g/mol. The molecule has 0 aromatic heterocycles. The lowest BCUT2D eigenvalue weighted by Crippen LogP contribution is -2.12. The molecule has 0 spiro atoms. The van der Waals surface area contributed by atoms with E-state index in [4.69, 9.17) is 16.3 Å². The Bertz CT molecular complexity index is 646. The topological polar surface area (TPSA) is 26.3 Å². The summed E-state index contributed by atoms with van der Waals surface area (Å²) in [5.41, 5.74) is 2.39. The Hall–Kier alpha value is -2.06. The van der Waals surface area contributed by atoms with Gasteiger partial charge in [-0.1, -0.05) is 60.2 Å². The van der Waals surface area contributed by atoms with Crippen LogP contribution in [-0.2, 0) is 4.74 Å². The lowest BCUT2D eigenvalue weighted by molar-refractivity contribution is 0.0378. The van der Waals surface area contributed by atoms with E-state index in [0.717, 1.165) is 11.1 Å². The van der Waals surface area contributed by atoms with Crippen molar-refractivity contribution in [2.75, 3.05) is 0 Å². The number of ether oxygens (including phenoxy) is 1. The van der Waals surface area contributed by atoms with Crippen LogP contribution in [0.4, 0.5) is 0 Å². The van der Waals surface area contributed by atoms with E-state index < -0.39 is 5.97 Å². The van der Waals surface area contributed by atoms with E-state index in [2.05, 4.69) is 0 Å². The summed E-state index contributed by atoms with van der Waals surface area (Å²) in [4.78, 5) is 12.0. The molecule has 0 radical (unpaired) electrons. The van der Waals surface area contributed by atoms with E-state index in [1.807, 2.05) is 62.4 Å². The largest absolute Gasteiger partial charge is 0.459 e. The lowest BCUT2D eigenvalue weighted by Gasteiger charge is -2.09. The fourth-order valence-electron chi connectivity index (χ4n) is 1.84. The summed E-state index contributed by atoms with van der Waals surface area (Å²) in [5.74, 6) is -0.398. The lowest BCUT2D eigenvalue weighted by atomic mass is 10.1. The van der Waals surface area contributed by atoms with Crippen molar-refractivity contribution in [3.05, 3.63) is 70.2 Å². The van der Waals surface area contributed by atoms with Gasteiger partial charge in [0.25, 0.3) is 0 Å². The van der Waals surface area contributed by atoms with Gasteiger partial charge in [0.2, 0.25) is 0 Å². The molecule has 0 amide bonds. The molecule has 0 saturated carbocycles. The standard InChI is InChI=1S/C18H17ClO2/c1-13(2)21-18(20)16-12-15(10-11-17(16)19)9-8-14-6-4-3-5-7-14/h3-13H,1-2H3/b9-8+. The molecule has 2 rings (SSSR count). The molecule has 2 nitrogen and oxygen atoms in total. The number of benzene rings is 2. The van der Waals surface area contributed by atoms with Crippen LogP contribution in [0, 0.1) is 0 Å². The SMILES string of the molecule is CC(C)OC(=O)c1cc(/C=C/c2ccccc2)ccc1Cl. The number of carbonyl (C=O) groups excluding carboxylic acids is 1. The van der Waals surface area contributed by atoms with Gasteiger partial charge in [-0.25, -0.2) is 4.79 Å². The second-order valence-electron chi connectivity index (χ2n) is 4.94. The Labute approximate surface area is 130 Å². The molecule has 21 heavy (non-hydrogen) atoms. The van der Waals surface area contributed by atoms with Crippen molar-refractivity contribution < 1.29 is 9.53 Å². The van der Waals surface area contributed by atoms with Crippen LogP contribution in [0.3, 0.4) is 0 Å². The van der Waals surface area contributed by atoms with Crippen LogP contribution in [0.5, 0.6) is 0 Å². The predicted octanol–water partition coefficient (Wildman–Crippen LogP) is 5.08. The Kier molecular flexibility index (Phi) is 5.18. The maximum absolute atomic E-state index is 12.0. The number of rotatable bonds is 4. The molecular weight excluding hydrogens is 284 g/mol. The first kappa shape index (κ1) is 15.3. The minimum Gasteiger partial charge on any atom is -0.459 e. The van der Waals surface area contributed by atoms with Crippen molar-refractivity contribution in [3.8, 4) is 0 Å². The Morgan fingerprint density at radius 2 is 1.71 bits per heavy atom. The third-order valence-corrected chi connectivity index (χ3v) is 3.15. The van der Waals surface area contributed by atoms with E-state index in [-0.39, 0.29) is 6.10 Å². The Morgan fingerprint density at radius 1 is 1.05 bits per heavy atom. The third kappa shape index (κ3) is 4.47. The van der Waals surface area contributed by atoms with Gasteiger partial charge in [-0.15, -0.1) is 0 Å². The first-order valence-electron chi connectivity index (χ1n) is 6.80. The van der Waals surface area contributed by atoms with Gasteiger partial charge in [0.1, 0.15) is 0 Å². The maximum atomic E-state index is 12.0. The van der Waals surface area contributed by atoms with Crippen LogP contribution >= 0.6 is 11.6 Å². The summed E-state index contributed by atoms with van der Waals surface area (Å²) in [7, 11) is 0. The first-order valence-corrected chi connectivity index (χ1v) is 7.17. The molecule has 2 aromatic carbocycles. The number of carbonyl (C=O) groups is 1. The minimum absolute atomic E-state index is 0.169. The number of hydrogen-bond acceptors (Lipinski definition) is 2. The van der Waals surface area contributed by atoms with E-state index in [1.54, 1.807) is 12.1 Å². The van der Waals surface area contributed by atoms with E-state index in [9.17, 15) is 4.79 Å². The number of hydrogen-bond donors (Lipinski definition) is 0. The second-order valence-corrected chi connectivity index (χ2v) is 5.34. The van der Waals surface area contributed by atoms with Crippen molar-refractivity contribution in [1.29, 1.82) is 0 Å². The summed E-state index contributed by atoms with van der Waals surface area (Å²) >= 11 is 6.07. The van der Waals surface area contributed by atoms with E-state index in [0.29, 0.717) is 10.6 Å². The van der Waals surface area contributed by atoms with Crippen LogP contribution in [0.15, 0.2) is 48.5 Å². The maximum Gasteiger partial charge on any atom is 0.339 e. The molecule has 0 bridgehead atoms. The second kappa shape index (κ2) is 7.09. The zero-order chi connectivity index (χ0) is 15.2. The highest BCUT2D eigenvalue weighted by atomic mass is 35.5. The molecule has 0 fully saturated rings. The molecule has 0 aliphatic heterocycles. The third-order valence-electron chi connectivity index (χ3n) is 2.82. The molecule has 3 heteroatoms. The summed E-state index contributed by atoms with van der Waals surface area (Å²) in [6, 6.07) is 15.3. The van der Waals surface area contributed by atoms with Crippen LogP contribution in [0.25, 0.3) is 12.2 Å². The number of halogens is 1. The van der Waals surface area contributed by atoms with E-state index in [1.165, 1.54) is 0 Å². The fourth-order valence-corrected chi connectivity index (χ4v) is 2.03. The summed E-state index contributed by atoms with van der Waals surface area (Å²) in [6.45, 7) is 3.62. The molecule has 2 aromatic rings. The van der Waals surface area contributed by atoms with Crippen molar-refractivity contribution in [3.63, 3.8) is 0 Å². The van der Waals surface area contributed by atoms with Gasteiger partial charge in [-0.05, 0) is 37.1 Å².